The number of amides is 1. The van der Waals surface area contributed by atoms with E-state index >= 15 is 0 Å². The summed E-state index contributed by atoms with van der Waals surface area (Å²) in [5.74, 6) is -0.0998. The number of carbonyl (C=O) groups is 1. The molecule has 2 unspecified atom stereocenters. The predicted molar refractivity (Wildman–Crippen MR) is 71.5 cm³/mol. The molecule has 0 aliphatic carbocycles. The van der Waals surface area contributed by atoms with E-state index in [4.69, 9.17) is 23.1 Å². The van der Waals surface area contributed by atoms with Crippen molar-refractivity contribution >= 4 is 44.8 Å². The number of primary amides is 1. The molecule has 1 aromatic rings. The van der Waals surface area contributed by atoms with Crippen LogP contribution in [0.25, 0.3) is 0 Å². The first-order valence-corrected chi connectivity index (χ1v) is 6.87. The lowest BCUT2D eigenvalue weighted by atomic mass is 9.98. The fourth-order valence-electron chi connectivity index (χ4n) is 1.52. The van der Waals surface area contributed by atoms with Gasteiger partial charge in [0, 0.05) is 17.3 Å². The van der Waals surface area contributed by atoms with Crippen molar-refractivity contribution in [1.82, 2.24) is 0 Å². The topological polar surface area (TPSA) is 69.1 Å². The zero-order valence-electron chi connectivity index (χ0n) is 8.87. The minimum atomic E-state index is -0.287. The summed E-state index contributed by atoms with van der Waals surface area (Å²) in [6.45, 7) is 1.97. The van der Waals surface area contributed by atoms with Gasteiger partial charge in [0.15, 0.2) is 0 Å². The molecule has 0 aromatic carbocycles. The number of thiophene rings is 1. The van der Waals surface area contributed by atoms with E-state index in [1.54, 1.807) is 0 Å². The lowest BCUT2D eigenvalue weighted by Gasteiger charge is -2.14. The van der Waals surface area contributed by atoms with Crippen molar-refractivity contribution in [3.8, 4) is 0 Å². The Bertz CT molecular complexity index is 363. The Hall–Kier alpha value is -0.100. The SMILES string of the molecule is CC(CC(N)=O)CC(N)c1cc(Cl)c(Br)s1. The molecule has 0 spiro atoms. The maximum absolute atomic E-state index is 10.7. The van der Waals surface area contributed by atoms with E-state index in [2.05, 4.69) is 15.9 Å². The van der Waals surface area contributed by atoms with Gasteiger partial charge in [-0.1, -0.05) is 18.5 Å². The molecule has 0 saturated heterocycles. The smallest absolute Gasteiger partial charge is 0.217 e. The minimum absolute atomic E-state index is 0.0943. The molecule has 0 aliphatic heterocycles. The first kappa shape index (κ1) is 14.0. The molecule has 3 nitrogen and oxygen atoms in total. The molecule has 2 atom stereocenters. The predicted octanol–water partition coefficient (Wildman–Crippen LogP) is 3.07. The normalized spacial score (nSPS) is 14.8. The van der Waals surface area contributed by atoms with Gasteiger partial charge >= 0.3 is 0 Å². The second-order valence-corrected chi connectivity index (χ2v) is 6.70. The van der Waals surface area contributed by atoms with Crippen LogP contribution in [-0.4, -0.2) is 5.91 Å². The number of halogens is 2. The summed E-state index contributed by atoms with van der Waals surface area (Å²) < 4.78 is 0.891. The summed E-state index contributed by atoms with van der Waals surface area (Å²) in [5, 5.41) is 0.679. The summed E-state index contributed by atoms with van der Waals surface area (Å²) in [7, 11) is 0. The fourth-order valence-corrected chi connectivity index (χ4v) is 3.28. The van der Waals surface area contributed by atoms with Gasteiger partial charge in [-0.05, 0) is 34.3 Å². The van der Waals surface area contributed by atoms with Crippen LogP contribution in [0, 0.1) is 5.92 Å². The van der Waals surface area contributed by atoms with Gasteiger partial charge in [0.25, 0.3) is 0 Å². The molecular weight excluding hydrogens is 312 g/mol. The van der Waals surface area contributed by atoms with Crippen LogP contribution >= 0.6 is 38.9 Å². The van der Waals surface area contributed by atoms with Crippen LogP contribution in [0.1, 0.15) is 30.7 Å². The van der Waals surface area contributed by atoms with E-state index in [1.165, 1.54) is 11.3 Å². The molecule has 4 N–H and O–H groups in total. The summed E-state index contributed by atoms with van der Waals surface area (Å²) in [6, 6.07) is 1.76. The monoisotopic (exact) mass is 324 g/mol. The first-order chi connectivity index (χ1) is 7.40. The summed E-state index contributed by atoms with van der Waals surface area (Å²) >= 11 is 10.8. The third-order valence-electron chi connectivity index (χ3n) is 2.24. The van der Waals surface area contributed by atoms with Gasteiger partial charge in [-0.15, -0.1) is 11.3 Å². The molecule has 1 aromatic heterocycles. The highest BCUT2D eigenvalue weighted by atomic mass is 79.9. The van der Waals surface area contributed by atoms with Crippen LogP contribution in [-0.2, 0) is 4.79 Å². The molecule has 1 rings (SSSR count). The first-order valence-electron chi connectivity index (χ1n) is 4.88. The Labute approximate surface area is 112 Å². The summed E-state index contributed by atoms with van der Waals surface area (Å²) in [5.41, 5.74) is 11.2. The van der Waals surface area contributed by atoms with Crippen molar-refractivity contribution in [2.24, 2.45) is 17.4 Å². The van der Waals surface area contributed by atoms with E-state index in [1.807, 2.05) is 13.0 Å². The Morgan fingerprint density at radius 3 is 2.75 bits per heavy atom. The Morgan fingerprint density at radius 2 is 2.31 bits per heavy atom. The van der Waals surface area contributed by atoms with Crippen LogP contribution in [0.4, 0.5) is 0 Å². The van der Waals surface area contributed by atoms with E-state index in [-0.39, 0.29) is 17.9 Å². The maximum atomic E-state index is 10.7. The second kappa shape index (κ2) is 6.00. The summed E-state index contributed by atoms with van der Waals surface area (Å²) in [4.78, 5) is 11.8. The molecule has 16 heavy (non-hydrogen) atoms. The Morgan fingerprint density at radius 1 is 1.69 bits per heavy atom. The molecule has 0 bridgehead atoms. The molecule has 0 radical (unpaired) electrons. The van der Waals surface area contributed by atoms with Crippen molar-refractivity contribution in [3.63, 3.8) is 0 Å². The van der Waals surface area contributed by atoms with Gasteiger partial charge in [-0.25, -0.2) is 0 Å². The number of rotatable bonds is 5. The number of nitrogens with two attached hydrogens (primary N) is 2. The van der Waals surface area contributed by atoms with E-state index in [0.717, 1.165) is 15.1 Å². The maximum Gasteiger partial charge on any atom is 0.217 e. The largest absolute Gasteiger partial charge is 0.370 e. The zero-order valence-corrected chi connectivity index (χ0v) is 12.0. The van der Waals surface area contributed by atoms with Gasteiger partial charge < -0.3 is 11.5 Å². The average Bonchev–Trinajstić information content (AvgIpc) is 2.45. The highest BCUT2D eigenvalue weighted by molar-refractivity contribution is 9.11. The second-order valence-electron chi connectivity index (χ2n) is 3.89. The third kappa shape index (κ3) is 4.05. The third-order valence-corrected chi connectivity index (χ3v) is 4.84. The molecule has 1 heterocycles. The van der Waals surface area contributed by atoms with E-state index in [0.29, 0.717) is 11.4 Å². The summed E-state index contributed by atoms with van der Waals surface area (Å²) in [6.07, 6.45) is 1.10. The Kier molecular flexibility index (Phi) is 5.24. The van der Waals surface area contributed by atoms with E-state index < -0.39 is 0 Å². The molecule has 0 saturated carbocycles. The number of hydrogen-bond acceptors (Lipinski definition) is 3. The van der Waals surface area contributed by atoms with Gasteiger partial charge in [-0.2, -0.15) is 0 Å². The van der Waals surface area contributed by atoms with E-state index in [9.17, 15) is 4.79 Å². The van der Waals surface area contributed by atoms with Crippen LogP contribution in [0.2, 0.25) is 5.02 Å². The molecule has 6 heteroatoms. The van der Waals surface area contributed by atoms with Gasteiger partial charge in [0.2, 0.25) is 5.91 Å². The standard InChI is InChI=1S/C10H14BrClN2OS/c1-5(3-9(14)15)2-7(13)8-4-6(12)10(11)16-8/h4-5,7H,2-3,13H2,1H3,(H2,14,15). The highest BCUT2D eigenvalue weighted by Gasteiger charge is 2.16. The number of hydrogen-bond donors (Lipinski definition) is 2. The van der Waals surface area contributed by atoms with Crippen molar-refractivity contribution in [2.45, 2.75) is 25.8 Å². The minimum Gasteiger partial charge on any atom is -0.370 e. The Balaban J connectivity index is 2.58. The molecule has 0 fully saturated rings. The highest BCUT2D eigenvalue weighted by Crippen LogP contribution is 2.36. The van der Waals surface area contributed by atoms with Gasteiger partial charge in [0.05, 0.1) is 8.81 Å². The number of carbonyl (C=O) groups excluding carboxylic acids is 1. The zero-order chi connectivity index (χ0) is 12.3. The van der Waals surface area contributed by atoms with Crippen LogP contribution in [0.3, 0.4) is 0 Å². The van der Waals surface area contributed by atoms with Gasteiger partial charge in [-0.3, -0.25) is 4.79 Å². The molecule has 90 valence electrons. The molecule has 0 aliphatic rings. The van der Waals surface area contributed by atoms with Crippen molar-refractivity contribution < 1.29 is 4.79 Å². The van der Waals surface area contributed by atoms with Crippen LogP contribution in [0.5, 0.6) is 0 Å². The lowest BCUT2D eigenvalue weighted by molar-refractivity contribution is -0.118. The van der Waals surface area contributed by atoms with Crippen LogP contribution < -0.4 is 11.5 Å². The quantitative estimate of drug-likeness (QED) is 0.873. The molecular formula is C10H14BrClN2OS. The average molecular weight is 326 g/mol. The van der Waals surface area contributed by atoms with Crippen LogP contribution in [0.15, 0.2) is 9.85 Å². The van der Waals surface area contributed by atoms with Crippen molar-refractivity contribution in [1.29, 1.82) is 0 Å². The van der Waals surface area contributed by atoms with Gasteiger partial charge in [0.1, 0.15) is 0 Å². The van der Waals surface area contributed by atoms with Crippen molar-refractivity contribution in [2.75, 3.05) is 0 Å². The lowest BCUT2D eigenvalue weighted by Crippen LogP contribution is -2.19. The molecule has 1 amide bonds. The fraction of sp³-hybridized carbons (Fsp3) is 0.500. The van der Waals surface area contributed by atoms with Crippen molar-refractivity contribution in [3.05, 3.63) is 19.8 Å².